The summed E-state index contributed by atoms with van der Waals surface area (Å²) < 4.78 is 34.1. The van der Waals surface area contributed by atoms with Gasteiger partial charge in [-0.25, -0.2) is 9.78 Å². The molecule has 1 fully saturated rings. The molecule has 54 heavy (non-hydrogen) atoms. The molecule has 0 saturated carbocycles. The first kappa shape index (κ1) is 39.8. The summed E-state index contributed by atoms with van der Waals surface area (Å²) in [5.74, 6) is -0.935. The van der Waals surface area contributed by atoms with Crippen LogP contribution in [0, 0.1) is 0 Å². The summed E-state index contributed by atoms with van der Waals surface area (Å²) in [5, 5.41) is 1.68. The van der Waals surface area contributed by atoms with E-state index in [1.807, 2.05) is 51.9 Å². The van der Waals surface area contributed by atoms with Gasteiger partial charge in [-0.15, -0.1) is 0 Å². The van der Waals surface area contributed by atoms with Crippen LogP contribution in [0.4, 0.5) is 0 Å². The fourth-order valence-corrected chi connectivity index (χ4v) is 9.83. The highest BCUT2D eigenvalue weighted by atomic mass is 33.1. The number of ether oxygens (including phenoxy) is 6. The van der Waals surface area contributed by atoms with Gasteiger partial charge in [-0.1, -0.05) is 53.1 Å². The van der Waals surface area contributed by atoms with Gasteiger partial charge in [-0.05, 0) is 50.3 Å². The number of aromatic nitrogens is 2. The molecule has 3 aliphatic rings. The van der Waals surface area contributed by atoms with E-state index in [0.717, 1.165) is 41.0 Å². The number of nitrogens with zero attached hydrogens (tertiary/aromatic N) is 2. The maximum Gasteiger partial charge on any atom is 0.355 e. The monoisotopic (exact) mass is 782 g/mol. The number of rotatable bonds is 20. The molecule has 1 aromatic carbocycles. The highest BCUT2D eigenvalue weighted by Gasteiger charge is 2.50. The zero-order valence-electron chi connectivity index (χ0n) is 30.5. The molecule has 0 amide bonds. The standard InChI is InChI=1S/C39H46N2O11S2/c1-2-39(30-23-32-36-27(22-26-8-3-5-10-31(26)40-36)24-41(32)37(45)29(30)25-51-38(39)46)52-35(44)13-7-12-34(43)50-20-18-48-16-15-47-17-19-49-33(42)11-6-4-9-28-14-21-53-54-28/h3,5,8,10,22-23,28H,2,4,6-7,9,11-21,24-25H2,1H3. The third-order valence-corrected chi connectivity index (χ3v) is 12.7. The molecule has 0 aliphatic carbocycles. The summed E-state index contributed by atoms with van der Waals surface area (Å²) in [5.41, 5.74) is 1.29. The van der Waals surface area contributed by atoms with Crippen molar-refractivity contribution >= 4 is 56.4 Å². The van der Waals surface area contributed by atoms with Crippen LogP contribution in [0.1, 0.15) is 81.4 Å². The van der Waals surface area contributed by atoms with E-state index in [-0.39, 0.29) is 82.4 Å². The highest BCUT2D eigenvalue weighted by Crippen LogP contribution is 2.42. The average Bonchev–Trinajstić information content (AvgIpc) is 3.82. The number of carbonyl (C=O) groups excluding carboxylic acids is 4. The minimum absolute atomic E-state index is 0.0361. The predicted molar refractivity (Wildman–Crippen MR) is 203 cm³/mol. The molecule has 2 atom stereocenters. The minimum atomic E-state index is -1.81. The molecule has 0 bridgehead atoms. The number of pyridine rings is 2. The molecule has 1 saturated heterocycles. The lowest BCUT2D eigenvalue weighted by Gasteiger charge is -2.35. The average molecular weight is 783 g/mol. The van der Waals surface area contributed by atoms with E-state index in [1.54, 1.807) is 17.6 Å². The summed E-state index contributed by atoms with van der Waals surface area (Å²) in [6.07, 6.45) is 4.72. The van der Waals surface area contributed by atoms with Gasteiger partial charge < -0.3 is 33.0 Å². The normalized spacial score (nSPS) is 18.5. The van der Waals surface area contributed by atoms with E-state index in [4.69, 9.17) is 33.4 Å². The topological polar surface area (TPSA) is 159 Å². The fraction of sp³-hybridized carbons (Fsp3) is 0.538. The summed E-state index contributed by atoms with van der Waals surface area (Å²) in [6.45, 7) is 3.07. The van der Waals surface area contributed by atoms with Gasteiger partial charge in [-0.3, -0.25) is 19.2 Å². The van der Waals surface area contributed by atoms with Crippen LogP contribution in [-0.2, 0) is 66.4 Å². The van der Waals surface area contributed by atoms with Crippen molar-refractivity contribution in [3.63, 3.8) is 0 Å². The quantitative estimate of drug-likeness (QED) is 0.0470. The third kappa shape index (κ3) is 9.65. The molecule has 6 rings (SSSR count). The molecule has 0 N–H and O–H groups in total. The number of para-hydroxylation sites is 1. The lowest BCUT2D eigenvalue weighted by atomic mass is 9.85. The molecule has 5 heterocycles. The van der Waals surface area contributed by atoms with Crippen molar-refractivity contribution in [1.29, 1.82) is 0 Å². The number of fused-ring (bicyclic) bond motifs is 5. The summed E-state index contributed by atoms with van der Waals surface area (Å²) in [7, 11) is 3.89. The Hall–Kier alpha value is -3.92. The van der Waals surface area contributed by atoms with Crippen molar-refractivity contribution in [2.24, 2.45) is 0 Å². The molecule has 3 aromatic rings. The maximum absolute atomic E-state index is 13.7. The Bertz CT molecular complexity index is 1890. The maximum atomic E-state index is 13.7. The SMILES string of the molecule is CCC1(OC(=O)CCCC(=O)OCCOCCOCCOC(=O)CCCCC2CCSS2)C(=O)OCc2c1cc1n(c2=O)Cc2cc3ccccc3nc2-1. The first-order chi connectivity index (χ1) is 26.3. The van der Waals surface area contributed by atoms with Crippen LogP contribution < -0.4 is 5.56 Å². The van der Waals surface area contributed by atoms with Gasteiger partial charge in [-0.2, -0.15) is 0 Å². The van der Waals surface area contributed by atoms with Crippen molar-refractivity contribution in [1.82, 2.24) is 9.55 Å². The lowest BCUT2D eigenvalue weighted by Crippen LogP contribution is -2.47. The second-order valence-corrected chi connectivity index (χ2v) is 16.1. The molecule has 2 aromatic heterocycles. The van der Waals surface area contributed by atoms with Crippen molar-refractivity contribution in [3.05, 3.63) is 63.4 Å². The second-order valence-electron chi connectivity index (χ2n) is 13.3. The Morgan fingerprint density at radius 1 is 0.907 bits per heavy atom. The first-order valence-corrected chi connectivity index (χ1v) is 21.0. The fourth-order valence-electron chi connectivity index (χ4n) is 6.81. The van der Waals surface area contributed by atoms with Gasteiger partial charge in [0.1, 0.15) is 19.8 Å². The first-order valence-electron chi connectivity index (χ1n) is 18.6. The van der Waals surface area contributed by atoms with Gasteiger partial charge in [0.2, 0.25) is 5.60 Å². The van der Waals surface area contributed by atoms with Gasteiger partial charge >= 0.3 is 23.9 Å². The predicted octanol–water partition coefficient (Wildman–Crippen LogP) is 5.63. The Labute approximate surface area is 321 Å². The van der Waals surface area contributed by atoms with E-state index < -0.39 is 23.5 Å². The van der Waals surface area contributed by atoms with E-state index in [0.29, 0.717) is 36.5 Å². The van der Waals surface area contributed by atoms with Gasteiger partial charge in [0.05, 0.1) is 55.4 Å². The molecular weight excluding hydrogens is 737 g/mol. The number of benzene rings is 1. The molecular formula is C39H46N2O11S2. The number of carbonyl (C=O) groups is 4. The Morgan fingerprint density at radius 2 is 1.61 bits per heavy atom. The summed E-state index contributed by atoms with van der Waals surface area (Å²) >= 11 is 0. The van der Waals surface area contributed by atoms with Crippen LogP contribution in [0.5, 0.6) is 0 Å². The number of cyclic esters (lactones) is 1. The van der Waals surface area contributed by atoms with Crippen LogP contribution in [0.3, 0.4) is 0 Å². The number of hydrogen-bond acceptors (Lipinski definition) is 14. The van der Waals surface area contributed by atoms with Crippen LogP contribution in [0.15, 0.2) is 41.2 Å². The molecule has 15 heteroatoms. The van der Waals surface area contributed by atoms with Crippen LogP contribution in [0.25, 0.3) is 22.3 Å². The second kappa shape index (κ2) is 19.1. The molecule has 3 aliphatic heterocycles. The number of esters is 4. The molecule has 0 spiro atoms. The minimum Gasteiger partial charge on any atom is -0.463 e. The van der Waals surface area contributed by atoms with E-state index in [1.165, 1.54) is 12.2 Å². The molecule has 2 unspecified atom stereocenters. The van der Waals surface area contributed by atoms with Crippen molar-refractivity contribution in [2.75, 3.05) is 45.4 Å². The van der Waals surface area contributed by atoms with Crippen LogP contribution in [-0.4, -0.2) is 84.1 Å². The van der Waals surface area contributed by atoms with E-state index >= 15 is 0 Å². The molecule has 290 valence electrons. The van der Waals surface area contributed by atoms with E-state index in [9.17, 15) is 24.0 Å². The highest BCUT2D eigenvalue weighted by molar-refractivity contribution is 8.77. The van der Waals surface area contributed by atoms with Gasteiger partial charge in [0.15, 0.2) is 0 Å². The largest absolute Gasteiger partial charge is 0.463 e. The third-order valence-electron chi connectivity index (χ3n) is 9.67. The number of hydrogen-bond donors (Lipinski definition) is 0. The Morgan fingerprint density at radius 3 is 2.33 bits per heavy atom. The van der Waals surface area contributed by atoms with Gasteiger partial charge in [0.25, 0.3) is 5.56 Å². The Balaban J connectivity index is 0.875. The van der Waals surface area contributed by atoms with Crippen molar-refractivity contribution < 1.29 is 47.6 Å². The van der Waals surface area contributed by atoms with Gasteiger partial charge in [0, 0.05) is 46.8 Å². The zero-order chi connectivity index (χ0) is 37.9. The summed E-state index contributed by atoms with van der Waals surface area (Å²) in [4.78, 5) is 69.0. The molecule has 0 radical (unpaired) electrons. The zero-order valence-corrected chi connectivity index (χ0v) is 32.1. The summed E-state index contributed by atoms with van der Waals surface area (Å²) in [6, 6.07) is 11.4. The van der Waals surface area contributed by atoms with Crippen LogP contribution >= 0.6 is 21.6 Å². The Kier molecular flexibility index (Phi) is 14.1. The van der Waals surface area contributed by atoms with Crippen LogP contribution in [0.2, 0.25) is 0 Å². The van der Waals surface area contributed by atoms with E-state index in [2.05, 4.69) is 0 Å². The smallest absolute Gasteiger partial charge is 0.355 e. The lowest BCUT2D eigenvalue weighted by molar-refractivity contribution is -0.189. The van der Waals surface area contributed by atoms with Crippen molar-refractivity contribution in [3.8, 4) is 11.4 Å². The number of unbranched alkanes of at least 4 members (excludes halogenated alkanes) is 1. The van der Waals surface area contributed by atoms with Crippen molar-refractivity contribution in [2.45, 2.75) is 88.7 Å². The molecule has 13 nitrogen and oxygen atoms in total.